The molecule has 1 unspecified atom stereocenters. The lowest BCUT2D eigenvalue weighted by Crippen LogP contribution is -2.29. The Morgan fingerprint density at radius 1 is 1.27 bits per heavy atom. The van der Waals surface area contributed by atoms with Crippen LogP contribution in [0.4, 0.5) is 24.5 Å². The summed E-state index contributed by atoms with van der Waals surface area (Å²) in [6.07, 6.45) is -5.27. The normalized spacial score (nSPS) is 17.0. The predicted octanol–water partition coefficient (Wildman–Crippen LogP) is 3.37. The molecule has 10 heteroatoms. The van der Waals surface area contributed by atoms with Gasteiger partial charge in [0.25, 0.3) is 0 Å². The van der Waals surface area contributed by atoms with Crippen LogP contribution in [0, 0.1) is 0 Å². The fourth-order valence-electron chi connectivity index (χ4n) is 2.30. The van der Waals surface area contributed by atoms with Gasteiger partial charge < -0.3 is 15.6 Å². The summed E-state index contributed by atoms with van der Waals surface area (Å²) < 4.78 is 43.4. The number of ether oxygens (including phenoxy) is 1. The summed E-state index contributed by atoms with van der Waals surface area (Å²) in [6, 6.07) is 6.55. The Kier molecular flexibility index (Phi) is 4.41. The molecule has 0 saturated heterocycles. The largest absolute Gasteiger partial charge is 0.507 e. The number of halogens is 4. The molecule has 1 heterocycles. The molecule has 0 aliphatic carbocycles. The first kappa shape index (κ1) is 17.9. The van der Waals surface area contributed by atoms with Gasteiger partial charge in [0, 0.05) is 6.07 Å². The van der Waals surface area contributed by atoms with E-state index in [1.54, 1.807) is 0 Å². The number of carbonyl (C=O) groups is 1. The standard InChI is InChI=1S/C16H11ClF3N3O3/c17-11-5-10(13(25)6-12(11)21)15-22-23(14(7-24)26-15)9-3-1-8(2-4-9)16(18,19)20/h1-7,14,25H,21H2. The highest BCUT2D eigenvalue weighted by atomic mass is 35.5. The van der Waals surface area contributed by atoms with Gasteiger partial charge >= 0.3 is 6.18 Å². The lowest BCUT2D eigenvalue weighted by Gasteiger charge is -2.17. The number of nitrogens with two attached hydrogens (primary N) is 1. The Labute approximate surface area is 150 Å². The summed E-state index contributed by atoms with van der Waals surface area (Å²) in [7, 11) is 0. The van der Waals surface area contributed by atoms with Crippen LogP contribution < -0.4 is 10.7 Å². The Balaban J connectivity index is 1.97. The van der Waals surface area contributed by atoms with Gasteiger partial charge in [0.2, 0.25) is 12.1 Å². The fraction of sp³-hybridized carbons (Fsp3) is 0.125. The molecule has 0 spiro atoms. The van der Waals surface area contributed by atoms with Crippen LogP contribution in [0.15, 0.2) is 41.5 Å². The lowest BCUT2D eigenvalue weighted by molar-refractivity contribution is -0.137. The molecule has 0 amide bonds. The molecule has 3 N–H and O–H groups in total. The molecule has 2 aromatic carbocycles. The minimum atomic E-state index is -4.48. The molecule has 0 radical (unpaired) electrons. The van der Waals surface area contributed by atoms with Crippen LogP contribution in [0.2, 0.25) is 5.02 Å². The third-order valence-corrected chi connectivity index (χ3v) is 3.92. The minimum Gasteiger partial charge on any atom is -0.507 e. The Morgan fingerprint density at radius 2 is 1.92 bits per heavy atom. The van der Waals surface area contributed by atoms with Crippen molar-refractivity contribution in [2.75, 3.05) is 10.7 Å². The second kappa shape index (κ2) is 6.41. The summed E-state index contributed by atoms with van der Waals surface area (Å²) in [5.74, 6) is -0.397. The molecule has 6 nitrogen and oxygen atoms in total. The second-order valence-electron chi connectivity index (χ2n) is 5.33. The van der Waals surface area contributed by atoms with E-state index >= 15 is 0 Å². The van der Waals surface area contributed by atoms with Crippen molar-refractivity contribution >= 4 is 35.2 Å². The maximum atomic E-state index is 12.7. The van der Waals surface area contributed by atoms with Crippen molar-refractivity contribution in [3.05, 3.63) is 52.5 Å². The van der Waals surface area contributed by atoms with Crippen LogP contribution in [0.3, 0.4) is 0 Å². The van der Waals surface area contributed by atoms with Crippen LogP contribution >= 0.6 is 11.6 Å². The van der Waals surface area contributed by atoms with Crippen LogP contribution in [0.5, 0.6) is 5.75 Å². The van der Waals surface area contributed by atoms with Crippen molar-refractivity contribution in [1.29, 1.82) is 0 Å². The highest BCUT2D eigenvalue weighted by Crippen LogP contribution is 2.34. The van der Waals surface area contributed by atoms with Gasteiger partial charge in [-0.25, -0.2) is 5.01 Å². The van der Waals surface area contributed by atoms with Crippen LogP contribution in [-0.4, -0.2) is 23.5 Å². The van der Waals surface area contributed by atoms with Crippen LogP contribution in [0.25, 0.3) is 0 Å². The number of phenolic OH excluding ortho intramolecular Hbond substituents is 1. The molecule has 0 saturated carbocycles. The molecule has 2 aromatic rings. The molecule has 136 valence electrons. The number of aromatic hydroxyl groups is 1. The van der Waals surface area contributed by atoms with E-state index < -0.39 is 18.0 Å². The van der Waals surface area contributed by atoms with Crippen molar-refractivity contribution in [1.82, 2.24) is 0 Å². The lowest BCUT2D eigenvalue weighted by atomic mass is 10.2. The van der Waals surface area contributed by atoms with Crippen molar-refractivity contribution in [3.63, 3.8) is 0 Å². The number of hydrogen-bond acceptors (Lipinski definition) is 6. The number of alkyl halides is 3. The van der Waals surface area contributed by atoms with Gasteiger partial charge in [-0.2, -0.15) is 13.2 Å². The SMILES string of the molecule is Nc1cc(O)c(C2=NN(c3ccc(C(F)(F)F)cc3)C(C=O)O2)cc1Cl. The maximum absolute atomic E-state index is 12.7. The molecular weight excluding hydrogens is 375 g/mol. The third kappa shape index (κ3) is 3.25. The van der Waals surface area contributed by atoms with E-state index in [0.717, 1.165) is 29.3 Å². The zero-order chi connectivity index (χ0) is 19.1. The topological polar surface area (TPSA) is 88.2 Å². The van der Waals surface area contributed by atoms with E-state index in [9.17, 15) is 23.1 Å². The van der Waals surface area contributed by atoms with Gasteiger partial charge in [0.1, 0.15) is 5.75 Å². The Bertz CT molecular complexity index is 885. The molecule has 1 aliphatic rings. The first-order chi connectivity index (χ1) is 12.2. The summed E-state index contributed by atoms with van der Waals surface area (Å²) in [5.41, 5.74) is 5.17. The van der Waals surface area contributed by atoms with Crippen LogP contribution in [0.1, 0.15) is 11.1 Å². The van der Waals surface area contributed by atoms with Gasteiger partial charge in [-0.3, -0.25) is 4.79 Å². The number of anilines is 2. The maximum Gasteiger partial charge on any atom is 0.416 e. The molecule has 1 atom stereocenters. The Morgan fingerprint density at radius 3 is 2.50 bits per heavy atom. The fourth-order valence-corrected chi connectivity index (χ4v) is 2.47. The molecule has 1 aliphatic heterocycles. The monoisotopic (exact) mass is 385 g/mol. The van der Waals surface area contributed by atoms with Gasteiger partial charge in [0.05, 0.1) is 27.5 Å². The summed E-state index contributed by atoms with van der Waals surface area (Å²) in [4.78, 5) is 11.3. The number of phenols is 1. The van der Waals surface area contributed by atoms with Crippen molar-refractivity contribution in [3.8, 4) is 5.75 Å². The van der Waals surface area contributed by atoms with E-state index in [-0.39, 0.29) is 33.6 Å². The molecule has 0 fully saturated rings. The third-order valence-electron chi connectivity index (χ3n) is 3.59. The molecular formula is C16H11ClF3N3O3. The number of aldehydes is 1. The van der Waals surface area contributed by atoms with Gasteiger partial charge in [-0.05, 0) is 30.3 Å². The number of nitrogen functional groups attached to an aromatic ring is 1. The molecule has 26 heavy (non-hydrogen) atoms. The van der Waals surface area contributed by atoms with Gasteiger partial charge in [-0.15, -0.1) is 5.10 Å². The second-order valence-corrected chi connectivity index (χ2v) is 5.74. The van der Waals surface area contributed by atoms with E-state index in [2.05, 4.69) is 5.10 Å². The number of hydrogen-bond donors (Lipinski definition) is 2. The summed E-state index contributed by atoms with van der Waals surface area (Å²) in [5, 5.41) is 15.3. The zero-order valence-electron chi connectivity index (χ0n) is 12.9. The van der Waals surface area contributed by atoms with Gasteiger partial charge in [0.15, 0.2) is 6.29 Å². The quantitative estimate of drug-likeness (QED) is 0.624. The van der Waals surface area contributed by atoms with Crippen molar-refractivity contribution < 1.29 is 27.8 Å². The van der Waals surface area contributed by atoms with E-state index in [1.165, 1.54) is 12.1 Å². The molecule has 0 aromatic heterocycles. The molecule has 3 rings (SSSR count). The smallest absolute Gasteiger partial charge is 0.416 e. The van der Waals surface area contributed by atoms with E-state index in [0.29, 0.717) is 6.29 Å². The number of nitrogens with zero attached hydrogens (tertiary/aromatic N) is 2. The summed E-state index contributed by atoms with van der Waals surface area (Å²) >= 11 is 5.91. The highest BCUT2D eigenvalue weighted by molar-refractivity contribution is 6.33. The first-order valence-electron chi connectivity index (χ1n) is 7.16. The van der Waals surface area contributed by atoms with E-state index in [4.69, 9.17) is 22.1 Å². The number of benzene rings is 2. The van der Waals surface area contributed by atoms with E-state index in [1.807, 2.05) is 0 Å². The van der Waals surface area contributed by atoms with Crippen LogP contribution in [-0.2, 0) is 15.7 Å². The predicted molar refractivity (Wildman–Crippen MR) is 88.9 cm³/mol. The van der Waals surface area contributed by atoms with Crippen molar-refractivity contribution in [2.24, 2.45) is 5.10 Å². The average Bonchev–Trinajstić information content (AvgIpc) is 3.01. The number of hydrazone groups is 1. The summed E-state index contributed by atoms with van der Waals surface area (Å²) in [6.45, 7) is 0. The van der Waals surface area contributed by atoms with Crippen molar-refractivity contribution in [2.45, 2.75) is 12.4 Å². The first-order valence-corrected chi connectivity index (χ1v) is 7.54. The average molecular weight is 386 g/mol. The molecule has 0 bridgehead atoms. The minimum absolute atomic E-state index is 0.0884. The van der Waals surface area contributed by atoms with Gasteiger partial charge in [-0.1, -0.05) is 11.6 Å². The highest BCUT2D eigenvalue weighted by Gasteiger charge is 2.33. The number of carbonyl (C=O) groups excluding carboxylic acids is 1. The number of rotatable bonds is 3. The zero-order valence-corrected chi connectivity index (χ0v) is 13.6. The Hall–Kier alpha value is -2.94.